The number of rotatable bonds is 10. The Kier molecular flexibility index (Phi) is 7.78. The fraction of sp³-hybridized carbons (Fsp3) is 0.240. The second-order valence-electron chi connectivity index (χ2n) is 7.56. The maximum absolute atomic E-state index is 12.6. The van der Waals surface area contributed by atoms with Gasteiger partial charge in [-0.05, 0) is 37.1 Å². The maximum Gasteiger partial charge on any atom is 0.326 e. The molecule has 0 bridgehead atoms. The van der Waals surface area contributed by atoms with E-state index < -0.39 is 17.9 Å². The van der Waals surface area contributed by atoms with Gasteiger partial charge in [0.1, 0.15) is 6.04 Å². The summed E-state index contributed by atoms with van der Waals surface area (Å²) >= 11 is 1.65. The molecule has 0 aliphatic rings. The van der Waals surface area contributed by atoms with Crippen LogP contribution in [0.15, 0.2) is 67.3 Å². The van der Waals surface area contributed by atoms with Gasteiger partial charge in [0.2, 0.25) is 0 Å². The third-order valence-electron chi connectivity index (χ3n) is 5.11. The Morgan fingerprint density at radius 2 is 1.81 bits per heavy atom. The maximum atomic E-state index is 12.6. The lowest BCUT2D eigenvalue weighted by Crippen LogP contribution is -2.42. The number of nitrogens with one attached hydrogen (secondary N) is 1. The van der Waals surface area contributed by atoms with Crippen molar-refractivity contribution in [3.63, 3.8) is 0 Å². The van der Waals surface area contributed by atoms with Crippen molar-refractivity contribution in [2.75, 3.05) is 11.4 Å². The summed E-state index contributed by atoms with van der Waals surface area (Å²) in [5.41, 5.74) is 3.32. The van der Waals surface area contributed by atoms with Gasteiger partial charge < -0.3 is 15.3 Å². The van der Waals surface area contributed by atoms with Gasteiger partial charge in [-0.2, -0.15) is 0 Å². The van der Waals surface area contributed by atoms with Gasteiger partial charge in [-0.25, -0.2) is 9.78 Å². The number of hydrogen-bond acceptors (Lipinski definition) is 5. The lowest BCUT2D eigenvalue weighted by molar-refractivity contribution is -0.139. The van der Waals surface area contributed by atoms with E-state index >= 15 is 0 Å². The number of carbonyl (C=O) groups excluding carboxylic acids is 1. The highest BCUT2D eigenvalue weighted by atomic mass is 32.1. The van der Waals surface area contributed by atoms with Crippen molar-refractivity contribution in [2.45, 2.75) is 32.9 Å². The number of nitrogens with zero attached hydrogens (tertiary/aromatic N) is 2. The van der Waals surface area contributed by atoms with Crippen molar-refractivity contribution < 1.29 is 14.7 Å². The second-order valence-corrected chi connectivity index (χ2v) is 8.74. The Balaban J connectivity index is 1.67. The van der Waals surface area contributed by atoms with E-state index in [0.717, 1.165) is 22.0 Å². The Bertz CT molecular complexity index is 1060. The van der Waals surface area contributed by atoms with E-state index in [1.54, 1.807) is 23.5 Å². The summed E-state index contributed by atoms with van der Waals surface area (Å²) in [6.07, 6.45) is 2.07. The van der Waals surface area contributed by atoms with Crippen LogP contribution in [0.2, 0.25) is 0 Å². The molecule has 3 rings (SSSR count). The molecular formula is C25H27N3O3S. The number of aliphatic carboxylic acids is 1. The smallest absolute Gasteiger partial charge is 0.326 e. The quantitative estimate of drug-likeness (QED) is 0.449. The standard InChI is InChI=1S/C25H27N3O3S/c1-4-14-28(25-26-17(2)18(3)32-25)16-20-10-12-21(13-11-20)23(29)27-22(24(30)31)15-19-8-6-5-7-9-19/h4-13,22H,1,14-16H2,2-3H3,(H,27,29)(H,30,31). The predicted octanol–water partition coefficient (Wildman–Crippen LogP) is 4.38. The van der Waals surface area contributed by atoms with E-state index in [4.69, 9.17) is 0 Å². The van der Waals surface area contributed by atoms with Crippen LogP contribution in [-0.4, -0.2) is 34.6 Å². The van der Waals surface area contributed by atoms with Crippen molar-refractivity contribution in [1.82, 2.24) is 10.3 Å². The van der Waals surface area contributed by atoms with Gasteiger partial charge in [-0.3, -0.25) is 4.79 Å². The van der Waals surface area contributed by atoms with Crippen molar-refractivity contribution in [1.29, 1.82) is 0 Å². The first-order valence-corrected chi connectivity index (χ1v) is 11.2. The van der Waals surface area contributed by atoms with Gasteiger partial charge >= 0.3 is 5.97 Å². The first-order chi connectivity index (χ1) is 15.4. The van der Waals surface area contributed by atoms with Gasteiger partial charge in [0.05, 0.1) is 5.69 Å². The van der Waals surface area contributed by atoms with Crippen LogP contribution in [-0.2, 0) is 17.8 Å². The first kappa shape index (κ1) is 23.2. The molecule has 1 atom stereocenters. The van der Waals surface area contributed by atoms with Gasteiger partial charge in [-0.1, -0.05) is 48.5 Å². The van der Waals surface area contributed by atoms with Gasteiger partial charge in [0, 0.05) is 30.0 Å². The average molecular weight is 450 g/mol. The van der Waals surface area contributed by atoms with Crippen LogP contribution in [0.1, 0.15) is 32.1 Å². The van der Waals surface area contributed by atoms with Crippen molar-refractivity contribution in [3.8, 4) is 0 Å². The fourth-order valence-corrected chi connectivity index (χ4v) is 4.15. The summed E-state index contributed by atoms with van der Waals surface area (Å²) in [6.45, 7) is 9.18. The summed E-state index contributed by atoms with van der Waals surface area (Å²) in [5.74, 6) is -1.47. The molecule has 3 aromatic rings. The lowest BCUT2D eigenvalue weighted by atomic mass is 10.1. The van der Waals surface area contributed by atoms with E-state index in [9.17, 15) is 14.7 Å². The van der Waals surface area contributed by atoms with E-state index in [0.29, 0.717) is 18.7 Å². The molecule has 32 heavy (non-hydrogen) atoms. The van der Waals surface area contributed by atoms with Crippen LogP contribution in [0.5, 0.6) is 0 Å². The largest absolute Gasteiger partial charge is 0.480 e. The second kappa shape index (κ2) is 10.7. The molecule has 166 valence electrons. The minimum absolute atomic E-state index is 0.225. The molecule has 0 spiro atoms. The summed E-state index contributed by atoms with van der Waals surface area (Å²) in [7, 11) is 0. The molecule has 7 heteroatoms. The number of hydrogen-bond donors (Lipinski definition) is 2. The predicted molar refractivity (Wildman–Crippen MR) is 128 cm³/mol. The highest BCUT2D eigenvalue weighted by Gasteiger charge is 2.21. The molecule has 0 aliphatic carbocycles. The summed E-state index contributed by atoms with van der Waals surface area (Å²) < 4.78 is 0. The van der Waals surface area contributed by atoms with Crippen LogP contribution in [0, 0.1) is 13.8 Å². The number of thiazole rings is 1. The molecule has 6 nitrogen and oxygen atoms in total. The molecular weight excluding hydrogens is 422 g/mol. The lowest BCUT2D eigenvalue weighted by Gasteiger charge is -2.20. The van der Waals surface area contributed by atoms with Crippen molar-refractivity contribution in [2.24, 2.45) is 0 Å². The van der Waals surface area contributed by atoms with Gasteiger partial charge in [-0.15, -0.1) is 17.9 Å². The summed E-state index contributed by atoms with van der Waals surface area (Å²) in [6, 6.07) is 15.5. The highest BCUT2D eigenvalue weighted by molar-refractivity contribution is 7.15. The van der Waals surface area contributed by atoms with E-state index in [1.165, 1.54) is 4.88 Å². The zero-order valence-electron chi connectivity index (χ0n) is 18.2. The summed E-state index contributed by atoms with van der Waals surface area (Å²) in [4.78, 5) is 32.2. The number of anilines is 1. The molecule has 0 radical (unpaired) electrons. The minimum atomic E-state index is -1.06. The van der Waals surface area contributed by atoms with E-state index in [2.05, 4.69) is 28.7 Å². The molecule has 1 aromatic heterocycles. The number of carboxylic acid groups (broad SMARTS) is 1. The normalized spacial score (nSPS) is 11.6. The molecule has 1 unspecified atom stereocenters. The molecule has 0 saturated carbocycles. The van der Waals surface area contributed by atoms with E-state index in [1.807, 2.05) is 55.5 Å². The Morgan fingerprint density at radius 3 is 2.38 bits per heavy atom. The highest BCUT2D eigenvalue weighted by Crippen LogP contribution is 2.26. The zero-order chi connectivity index (χ0) is 23.1. The first-order valence-electron chi connectivity index (χ1n) is 10.3. The average Bonchev–Trinajstić information content (AvgIpc) is 3.12. The molecule has 2 aromatic carbocycles. The fourth-order valence-electron chi connectivity index (χ4n) is 3.23. The van der Waals surface area contributed by atoms with E-state index in [-0.39, 0.29) is 6.42 Å². The van der Waals surface area contributed by atoms with Gasteiger partial charge in [0.15, 0.2) is 5.13 Å². The number of carboxylic acids is 1. The van der Waals surface area contributed by atoms with Crippen LogP contribution >= 0.6 is 11.3 Å². The molecule has 0 aliphatic heterocycles. The Hall–Kier alpha value is -3.45. The van der Waals surface area contributed by atoms with Crippen molar-refractivity contribution in [3.05, 3.63) is 94.5 Å². The number of aryl methyl sites for hydroxylation is 2. The third kappa shape index (κ3) is 6.04. The monoisotopic (exact) mass is 449 g/mol. The van der Waals surface area contributed by atoms with Crippen LogP contribution < -0.4 is 10.2 Å². The van der Waals surface area contributed by atoms with Crippen LogP contribution in [0.3, 0.4) is 0 Å². The minimum Gasteiger partial charge on any atom is -0.480 e. The molecule has 2 N–H and O–H groups in total. The number of amides is 1. The number of benzene rings is 2. The Labute approximate surface area is 192 Å². The van der Waals surface area contributed by atoms with Crippen LogP contribution in [0.4, 0.5) is 5.13 Å². The van der Waals surface area contributed by atoms with Crippen LogP contribution in [0.25, 0.3) is 0 Å². The molecule has 0 fully saturated rings. The van der Waals surface area contributed by atoms with Gasteiger partial charge in [0.25, 0.3) is 5.91 Å². The molecule has 1 heterocycles. The number of aromatic nitrogens is 1. The molecule has 1 amide bonds. The Morgan fingerprint density at radius 1 is 1.12 bits per heavy atom. The van der Waals surface area contributed by atoms with Crippen molar-refractivity contribution >= 4 is 28.3 Å². The zero-order valence-corrected chi connectivity index (χ0v) is 19.1. The topological polar surface area (TPSA) is 82.5 Å². The SMILES string of the molecule is C=CCN(Cc1ccc(C(=O)NC(Cc2ccccc2)C(=O)O)cc1)c1nc(C)c(C)s1. The molecule has 0 saturated heterocycles. The third-order valence-corrected chi connectivity index (χ3v) is 6.25. The summed E-state index contributed by atoms with van der Waals surface area (Å²) in [5, 5.41) is 13.1. The number of carbonyl (C=O) groups is 2.